The Balaban J connectivity index is 2.01. The molecule has 1 heterocycles. The second-order valence-electron chi connectivity index (χ2n) is 4.64. The maximum absolute atomic E-state index is 12.2. The zero-order chi connectivity index (χ0) is 16.9. The van der Waals surface area contributed by atoms with Gasteiger partial charge in [-0.3, -0.25) is 0 Å². The third kappa shape index (κ3) is 4.83. The quantitative estimate of drug-likeness (QED) is 0.743. The Morgan fingerprint density at radius 1 is 1.35 bits per heavy atom. The summed E-state index contributed by atoms with van der Waals surface area (Å²) in [7, 11) is -2.06. The van der Waals surface area contributed by atoms with Gasteiger partial charge in [-0.05, 0) is 24.1 Å². The molecule has 0 aliphatic carbocycles. The number of hydrogen-bond donors (Lipinski definition) is 2. The maximum atomic E-state index is 12.2. The molecule has 7 nitrogen and oxygen atoms in total. The first-order chi connectivity index (χ1) is 10.9. The lowest BCUT2D eigenvalue weighted by Crippen LogP contribution is -2.23. The van der Waals surface area contributed by atoms with Crippen molar-refractivity contribution < 1.29 is 23.1 Å². The normalized spacial score (nSPS) is 11.5. The molecule has 0 spiro atoms. The number of rotatable bonds is 8. The fraction of sp³-hybridized carbons (Fsp3) is 0.286. The molecule has 23 heavy (non-hydrogen) atoms. The highest BCUT2D eigenvalue weighted by atomic mass is 32.2. The molecule has 124 valence electrons. The van der Waals surface area contributed by atoms with E-state index in [1.54, 1.807) is 19.2 Å². The predicted molar refractivity (Wildman–Crippen MR) is 85.1 cm³/mol. The lowest BCUT2D eigenvalue weighted by atomic mass is 10.2. The smallest absolute Gasteiger partial charge is 0.355 e. The van der Waals surface area contributed by atoms with E-state index < -0.39 is 16.0 Å². The number of methoxy groups -OCH3 is 1. The van der Waals surface area contributed by atoms with Gasteiger partial charge in [0, 0.05) is 12.5 Å². The summed E-state index contributed by atoms with van der Waals surface area (Å²) in [6, 6.07) is 6.52. The Morgan fingerprint density at radius 3 is 2.61 bits per heavy atom. The van der Waals surface area contributed by atoms with Gasteiger partial charge in [0.05, 0.1) is 18.0 Å². The Kier molecular flexibility index (Phi) is 5.83. The molecule has 2 N–H and O–H groups in total. The minimum absolute atomic E-state index is 0.0499. The van der Waals surface area contributed by atoms with Gasteiger partial charge in [-0.1, -0.05) is 12.1 Å². The molecule has 0 aliphatic heterocycles. The molecule has 1 aromatic heterocycles. The molecule has 9 heteroatoms. The molecule has 0 bridgehead atoms. The number of aromatic carboxylic acids is 1. The molecule has 2 rings (SSSR count). The third-order valence-electron chi connectivity index (χ3n) is 3.01. The van der Waals surface area contributed by atoms with Crippen molar-refractivity contribution in [2.75, 3.05) is 13.7 Å². The van der Waals surface area contributed by atoms with E-state index in [4.69, 9.17) is 9.84 Å². The number of carboxylic acid groups (broad SMARTS) is 1. The van der Waals surface area contributed by atoms with Crippen molar-refractivity contribution in [1.29, 1.82) is 0 Å². The number of ether oxygens (including phenoxy) is 1. The average Bonchev–Trinajstić information content (AvgIpc) is 3.01. The van der Waals surface area contributed by atoms with Crippen LogP contribution in [0.4, 0.5) is 0 Å². The van der Waals surface area contributed by atoms with Crippen LogP contribution in [0, 0.1) is 0 Å². The van der Waals surface area contributed by atoms with Gasteiger partial charge in [-0.15, -0.1) is 11.3 Å². The minimum Gasteiger partial charge on any atom is -0.476 e. The maximum Gasteiger partial charge on any atom is 0.355 e. The highest BCUT2D eigenvalue weighted by Crippen LogP contribution is 2.14. The van der Waals surface area contributed by atoms with Crippen LogP contribution in [0.15, 0.2) is 34.5 Å². The topological polar surface area (TPSA) is 106 Å². The van der Waals surface area contributed by atoms with Crippen molar-refractivity contribution in [3.05, 3.63) is 45.9 Å². The molecule has 0 saturated heterocycles. The van der Waals surface area contributed by atoms with Crippen LogP contribution in [0.3, 0.4) is 0 Å². The average molecular weight is 356 g/mol. The van der Waals surface area contributed by atoms with Gasteiger partial charge in [0.1, 0.15) is 5.01 Å². The second kappa shape index (κ2) is 7.64. The van der Waals surface area contributed by atoms with E-state index in [1.807, 2.05) is 0 Å². The Morgan fingerprint density at radius 2 is 2.04 bits per heavy atom. The molecule has 0 aliphatic rings. The lowest BCUT2D eigenvalue weighted by molar-refractivity contribution is 0.0691. The van der Waals surface area contributed by atoms with Gasteiger partial charge in [0.2, 0.25) is 10.0 Å². The number of nitrogens with zero attached hydrogens (tertiary/aromatic N) is 1. The number of carbonyl (C=O) groups is 1. The number of aromatic nitrogens is 1. The van der Waals surface area contributed by atoms with Crippen molar-refractivity contribution in [3.8, 4) is 0 Å². The van der Waals surface area contributed by atoms with E-state index in [0.29, 0.717) is 18.0 Å². The van der Waals surface area contributed by atoms with Crippen LogP contribution < -0.4 is 4.72 Å². The van der Waals surface area contributed by atoms with E-state index >= 15 is 0 Å². The summed E-state index contributed by atoms with van der Waals surface area (Å²) < 4.78 is 31.8. The highest BCUT2D eigenvalue weighted by molar-refractivity contribution is 7.89. The van der Waals surface area contributed by atoms with Gasteiger partial charge in [0.15, 0.2) is 5.69 Å². The molecule has 1 aromatic carbocycles. The first-order valence-electron chi connectivity index (χ1n) is 6.67. The summed E-state index contributed by atoms with van der Waals surface area (Å²) in [5.41, 5.74) is 0.892. The van der Waals surface area contributed by atoms with E-state index in [-0.39, 0.29) is 17.1 Å². The third-order valence-corrected chi connectivity index (χ3v) is 5.28. The summed E-state index contributed by atoms with van der Waals surface area (Å²) in [5.74, 6) is -1.14. The number of hydrogen-bond acceptors (Lipinski definition) is 6. The molecular formula is C14H16N2O5S2. The number of benzene rings is 1. The van der Waals surface area contributed by atoms with Gasteiger partial charge in [-0.25, -0.2) is 22.9 Å². The number of sulfonamides is 1. The monoisotopic (exact) mass is 356 g/mol. The van der Waals surface area contributed by atoms with Crippen molar-refractivity contribution in [2.24, 2.45) is 0 Å². The first kappa shape index (κ1) is 17.5. The SMILES string of the molecule is COCCc1ccc(S(=O)(=O)NCc2nc(C(=O)O)cs2)cc1. The van der Waals surface area contributed by atoms with Crippen LogP contribution in [0.2, 0.25) is 0 Å². The number of nitrogens with one attached hydrogen (secondary N) is 1. The fourth-order valence-electron chi connectivity index (χ4n) is 1.79. The zero-order valence-electron chi connectivity index (χ0n) is 12.4. The Labute approximate surface area is 138 Å². The van der Waals surface area contributed by atoms with E-state index in [2.05, 4.69) is 9.71 Å². The highest BCUT2D eigenvalue weighted by Gasteiger charge is 2.15. The summed E-state index contributed by atoms with van der Waals surface area (Å²) >= 11 is 1.09. The molecule has 2 aromatic rings. The van der Waals surface area contributed by atoms with E-state index in [9.17, 15) is 13.2 Å². The predicted octanol–water partition coefficient (Wildman–Crippen LogP) is 1.51. The standard InChI is InChI=1S/C14H16N2O5S2/c1-21-7-6-10-2-4-11(5-3-10)23(19,20)15-8-13-16-12(9-22-13)14(17)18/h2-5,9,15H,6-8H2,1H3,(H,17,18). The van der Waals surface area contributed by atoms with Gasteiger partial charge in [-0.2, -0.15) is 0 Å². The molecule has 0 fully saturated rings. The second-order valence-corrected chi connectivity index (χ2v) is 7.35. The van der Waals surface area contributed by atoms with Gasteiger partial charge < -0.3 is 9.84 Å². The Bertz CT molecular complexity index is 769. The van der Waals surface area contributed by atoms with Crippen LogP contribution in [-0.2, 0) is 27.7 Å². The molecule has 0 atom stereocenters. The number of thiazole rings is 1. The zero-order valence-corrected chi connectivity index (χ0v) is 14.0. The van der Waals surface area contributed by atoms with E-state index in [0.717, 1.165) is 16.9 Å². The van der Waals surface area contributed by atoms with Crippen molar-refractivity contribution in [2.45, 2.75) is 17.9 Å². The molecule has 0 unspecified atom stereocenters. The molecule has 0 amide bonds. The van der Waals surface area contributed by atoms with Crippen LogP contribution in [-0.4, -0.2) is 38.2 Å². The summed E-state index contributed by atoms with van der Waals surface area (Å²) in [4.78, 5) is 14.7. The van der Waals surface area contributed by atoms with E-state index in [1.165, 1.54) is 17.5 Å². The van der Waals surface area contributed by atoms with Crippen molar-refractivity contribution in [1.82, 2.24) is 9.71 Å². The van der Waals surface area contributed by atoms with Gasteiger partial charge in [0.25, 0.3) is 0 Å². The number of carboxylic acids is 1. The summed E-state index contributed by atoms with van der Waals surface area (Å²) in [6.07, 6.45) is 0.710. The van der Waals surface area contributed by atoms with Crippen molar-refractivity contribution in [3.63, 3.8) is 0 Å². The van der Waals surface area contributed by atoms with Crippen molar-refractivity contribution >= 4 is 27.3 Å². The summed E-state index contributed by atoms with van der Waals surface area (Å²) in [6.45, 7) is 0.520. The summed E-state index contributed by atoms with van der Waals surface area (Å²) in [5, 5.41) is 10.6. The molecule has 0 radical (unpaired) electrons. The largest absolute Gasteiger partial charge is 0.476 e. The molecular weight excluding hydrogens is 340 g/mol. The van der Waals surface area contributed by atoms with Crippen LogP contribution in [0.5, 0.6) is 0 Å². The minimum atomic E-state index is -3.67. The molecule has 0 saturated carbocycles. The first-order valence-corrected chi connectivity index (χ1v) is 9.04. The Hall–Kier alpha value is -1.81. The lowest BCUT2D eigenvalue weighted by Gasteiger charge is -2.06. The fourth-order valence-corrected chi connectivity index (χ4v) is 3.57. The van der Waals surface area contributed by atoms with Crippen LogP contribution >= 0.6 is 11.3 Å². The van der Waals surface area contributed by atoms with Gasteiger partial charge >= 0.3 is 5.97 Å². The van der Waals surface area contributed by atoms with Crippen LogP contribution in [0.25, 0.3) is 0 Å². The van der Waals surface area contributed by atoms with Crippen LogP contribution in [0.1, 0.15) is 21.1 Å².